The van der Waals surface area contributed by atoms with E-state index in [0.717, 1.165) is 16.6 Å². The highest BCUT2D eigenvalue weighted by atomic mass is 35.5. The van der Waals surface area contributed by atoms with Gasteiger partial charge < -0.3 is 19.7 Å². The van der Waals surface area contributed by atoms with Crippen LogP contribution in [0.4, 0.5) is 4.79 Å². The summed E-state index contributed by atoms with van der Waals surface area (Å²) < 4.78 is 6.19. The predicted octanol–water partition coefficient (Wildman–Crippen LogP) is 7.52. The van der Waals surface area contributed by atoms with Crippen molar-refractivity contribution in [2.45, 2.75) is 90.3 Å². The average Bonchev–Trinajstić information content (AvgIpc) is 2.88. The molecule has 1 aromatic carbocycles. The van der Waals surface area contributed by atoms with Gasteiger partial charge in [0.1, 0.15) is 0 Å². The summed E-state index contributed by atoms with van der Waals surface area (Å²) in [7, 11) is -1.83. The Morgan fingerprint density at radius 2 is 1.79 bits per heavy atom. The first-order valence-electron chi connectivity index (χ1n) is 14.4. The van der Waals surface area contributed by atoms with Crippen LogP contribution in [0.1, 0.15) is 81.8 Å². The average molecular weight is 576 g/mol. The van der Waals surface area contributed by atoms with Crippen LogP contribution in [-0.4, -0.2) is 61.5 Å². The molecule has 39 heavy (non-hydrogen) atoms. The molecule has 0 saturated heterocycles. The van der Waals surface area contributed by atoms with Gasteiger partial charge in [-0.1, -0.05) is 57.7 Å². The number of nitrogens with one attached hydrogen (secondary N) is 1. The van der Waals surface area contributed by atoms with Crippen LogP contribution in [0, 0.1) is 5.92 Å². The van der Waals surface area contributed by atoms with Crippen molar-refractivity contribution in [1.82, 2.24) is 15.2 Å². The first-order valence-corrected chi connectivity index (χ1v) is 17.7. The van der Waals surface area contributed by atoms with Crippen LogP contribution >= 0.6 is 11.6 Å². The van der Waals surface area contributed by atoms with E-state index in [4.69, 9.17) is 21.0 Å². The molecule has 7 nitrogen and oxygen atoms in total. The molecule has 216 valence electrons. The Hall–Kier alpha value is -2.16. The van der Waals surface area contributed by atoms with Crippen molar-refractivity contribution in [2.75, 3.05) is 26.2 Å². The smallest absolute Gasteiger partial charge is 0.407 e. The number of carbonyl (C=O) groups is 2. The molecule has 1 fully saturated rings. The summed E-state index contributed by atoms with van der Waals surface area (Å²) in [6.07, 6.45) is 7.16. The van der Waals surface area contributed by atoms with Gasteiger partial charge in [-0.05, 0) is 74.4 Å². The summed E-state index contributed by atoms with van der Waals surface area (Å²) in [6, 6.07) is 7.39. The third kappa shape index (κ3) is 8.92. The van der Waals surface area contributed by atoms with Crippen LogP contribution < -0.4 is 5.32 Å². The molecular weight excluding hydrogens is 530 g/mol. The molecule has 0 bridgehead atoms. The number of benzene rings is 1. The highest BCUT2D eigenvalue weighted by Crippen LogP contribution is 2.36. The van der Waals surface area contributed by atoms with Gasteiger partial charge in [-0.2, -0.15) is 0 Å². The van der Waals surface area contributed by atoms with Gasteiger partial charge in [-0.25, -0.2) is 4.79 Å². The van der Waals surface area contributed by atoms with Crippen molar-refractivity contribution >= 4 is 42.8 Å². The topological polar surface area (TPSA) is 91.8 Å². The highest BCUT2D eigenvalue weighted by Gasteiger charge is 2.36. The molecule has 1 aliphatic rings. The molecule has 1 saturated carbocycles. The van der Waals surface area contributed by atoms with Crippen LogP contribution in [0.15, 0.2) is 24.3 Å². The summed E-state index contributed by atoms with van der Waals surface area (Å²) in [6.45, 7) is 13.2. The number of pyridine rings is 1. The second-order valence-corrected chi connectivity index (χ2v) is 17.6. The van der Waals surface area contributed by atoms with Crippen molar-refractivity contribution < 1.29 is 19.1 Å². The third-order valence-corrected chi connectivity index (χ3v) is 13.2. The normalized spacial score (nSPS) is 14.9. The van der Waals surface area contributed by atoms with Crippen molar-refractivity contribution in [3.05, 3.63) is 40.5 Å². The molecule has 1 aliphatic carbocycles. The van der Waals surface area contributed by atoms with Crippen molar-refractivity contribution in [3.8, 4) is 0 Å². The maximum absolute atomic E-state index is 13.0. The summed E-state index contributed by atoms with van der Waals surface area (Å²) in [4.78, 5) is 31.0. The number of fused-ring (bicyclic) bond motifs is 1. The minimum Gasteiger partial charge on any atom is -0.465 e. The standard InChI is InChI=1S/C30H46ClN3O4Si/c1-30(2,3)39(4,5)38-20-10-19-34(29(36)37)18-9-13-23-14-15-24-26(33-23)17-16-25(31)27(24)28(35)32-21-22-11-7-6-8-12-22/h14-17,22H,6-13,18-21H2,1-5H3,(H,32,35)(H,36,37). The monoisotopic (exact) mass is 575 g/mol. The number of aromatic nitrogens is 1. The summed E-state index contributed by atoms with van der Waals surface area (Å²) in [5, 5.41) is 14.1. The molecule has 0 atom stereocenters. The van der Waals surface area contributed by atoms with E-state index in [0.29, 0.717) is 62.0 Å². The number of hydrogen-bond acceptors (Lipinski definition) is 4. The molecule has 2 amide bonds. The first-order chi connectivity index (χ1) is 18.4. The number of halogens is 1. The van der Waals surface area contributed by atoms with Gasteiger partial charge in [-0.15, -0.1) is 0 Å². The van der Waals surface area contributed by atoms with Crippen molar-refractivity contribution in [1.29, 1.82) is 0 Å². The number of carbonyl (C=O) groups excluding carboxylic acids is 1. The minimum atomic E-state index is -1.83. The zero-order chi connectivity index (χ0) is 28.6. The number of rotatable bonds is 12. The van der Waals surface area contributed by atoms with Gasteiger partial charge >= 0.3 is 6.09 Å². The molecule has 1 heterocycles. The molecule has 3 rings (SSSR count). The molecule has 1 aromatic heterocycles. The van der Waals surface area contributed by atoms with E-state index in [1.807, 2.05) is 18.2 Å². The number of aryl methyl sites for hydroxylation is 1. The van der Waals surface area contributed by atoms with Crippen LogP contribution in [0.5, 0.6) is 0 Å². The predicted molar refractivity (Wildman–Crippen MR) is 161 cm³/mol. The maximum atomic E-state index is 13.0. The second kappa shape index (κ2) is 13.9. The quantitative estimate of drug-likeness (QED) is 0.202. The third-order valence-electron chi connectivity index (χ3n) is 8.35. The molecule has 2 aromatic rings. The van der Waals surface area contributed by atoms with E-state index in [2.05, 4.69) is 39.2 Å². The van der Waals surface area contributed by atoms with Gasteiger partial charge in [0.15, 0.2) is 8.32 Å². The molecule has 0 radical (unpaired) electrons. The fraction of sp³-hybridized carbons (Fsp3) is 0.633. The fourth-order valence-electron chi connectivity index (χ4n) is 4.86. The van der Waals surface area contributed by atoms with Crippen LogP contribution in [0.3, 0.4) is 0 Å². The largest absolute Gasteiger partial charge is 0.465 e. The van der Waals surface area contributed by atoms with Crippen LogP contribution in [0.2, 0.25) is 23.2 Å². The van der Waals surface area contributed by atoms with Crippen molar-refractivity contribution in [3.63, 3.8) is 0 Å². The summed E-state index contributed by atoms with van der Waals surface area (Å²) in [5.41, 5.74) is 2.06. The highest BCUT2D eigenvalue weighted by molar-refractivity contribution is 6.74. The zero-order valence-corrected chi connectivity index (χ0v) is 26.1. The minimum absolute atomic E-state index is 0.136. The van der Waals surface area contributed by atoms with Gasteiger partial charge in [0, 0.05) is 37.3 Å². The van der Waals surface area contributed by atoms with Gasteiger partial charge in [0.25, 0.3) is 5.91 Å². The lowest BCUT2D eigenvalue weighted by atomic mass is 9.89. The molecule has 0 aliphatic heterocycles. The van der Waals surface area contributed by atoms with Crippen LogP contribution in [-0.2, 0) is 10.8 Å². The summed E-state index contributed by atoms with van der Waals surface area (Å²) in [5.74, 6) is 0.386. The number of amides is 2. The zero-order valence-electron chi connectivity index (χ0n) is 24.3. The lowest BCUT2D eigenvalue weighted by Gasteiger charge is -2.36. The van der Waals surface area contributed by atoms with Gasteiger partial charge in [0.2, 0.25) is 0 Å². The summed E-state index contributed by atoms with van der Waals surface area (Å²) >= 11 is 6.45. The van der Waals surface area contributed by atoms with Crippen LogP contribution in [0.25, 0.3) is 10.9 Å². The first kappa shape index (κ1) is 31.4. The van der Waals surface area contributed by atoms with E-state index in [1.54, 1.807) is 6.07 Å². The fourth-order valence-corrected chi connectivity index (χ4v) is 6.20. The second-order valence-electron chi connectivity index (χ2n) is 12.3. The van der Waals surface area contributed by atoms with Crippen molar-refractivity contribution in [2.24, 2.45) is 5.92 Å². The Kier molecular flexibility index (Phi) is 11.2. The molecule has 9 heteroatoms. The van der Waals surface area contributed by atoms with Gasteiger partial charge in [-0.3, -0.25) is 9.78 Å². The Labute approximate surface area is 239 Å². The lowest BCUT2D eigenvalue weighted by molar-refractivity contribution is 0.0945. The molecule has 0 spiro atoms. The maximum Gasteiger partial charge on any atom is 0.407 e. The molecular formula is C30H46ClN3O4Si. The van der Waals surface area contributed by atoms with E-state index >= 15 is 0 Å². The van der Waals surface area contributed by atoms with E-state index in [-0.39, 0.29) is 10.9 Å². The Balaban J connectivity index is 1.54. The van der Waals surface area contributed by atoms with E-state index in [9.17, 15) is 14.7 Å². The number of carboxylic acid groups (broad SMARTS) is 1. The number of nitrogens with zero attached hydrogens (tertiary/aromatic N) is 2. The molecule has 0 unspecified atom stereocenters. The Morgan fingerprint density at radius 1 is 1.10 bits per heavy atom. The lowest BCUT2D eigenvalue weighted by Crippen LogP contribution is -2.41. The molecule has 2 N–H and O–H groups in total. The Morgan fingerprint density at radius 3 is 2.46 bits per heavy atom. The Bertz CT molecular complexity index is 1130. The number of hydrogen-bond donors (Lipinski definition) is 2. The van der Waals surface area contributed by atoms with Gasteiger partial charge in [0.05, 0.1) is 16.1 Å². The van der Waals surface area contributed by atoms with E-state index in [1.165, 1.54) is 37.0 Å². The SMILES string of the molecule is CC(C)(C)[Si](C)(C)OCCCN(CCCc1ccc2c(C(=O)NCC3CCCCC3)c(Cl)ccc2n1)C(=O)O. The van der Waals surface area contributed by atoms with E-state index < -0.39 is 14.4 Å².